The van der Waals surface area contributed by atoms with Crippen molar-refractivity contribution in [3.8, 4) is 0 Å². The van der Waals surface area contributed by atoms with Crippen LogP contribution in [0.2, 0.25) is 0 Å². The summed E-state index contributed by atoms with van der Waals surface area (Å²) in [6, 6.07) is 10.3. The van der Waals surface area contributed by atoms with Gasteiger partial charge < -0.3 is 10.4 Å². The molecular weight excluding hydrogens is 304 g/mol. The highest BCUT2D eigenvalue weighted by Crippen LogP contribution is 2.31. The molecule has 1 aliphatic heterocycles. The lowest BCUT2D eigenvalue weighted by Gasteiger charge is -2.33. The summed E-state index contributed by atoms with van der Waals surface area (Å²) in [5.74, 6) is -1.01. The number of benzene rings is 1. The van der Waals surface area contributed by atoms with Gasteiger partial charge in [0.05, 0.1) is 0 Å². The van der Waals surface area contributed by atoms with E-state index in [-0.39, 0.29) is 11.8 Å². The highest BCUT2D eigenvalue weighted by Gasteiger charge is 2.43. The number of hydrogen-bond acceptors (Lipinski definition) is 3. The maximum atomic E-state index is 12.5. The van der Waals surface area contributed by atoms with Crippen LogP contribution in [0.4, 0.5) is 0 Å². The number of likely N-dealkylation sites (tertiary alicyclic amines) is 1. The normalized spacial score (nSPS) is 21.5. The molecule has 0 atom stereocenters. The van der Waals surface area contributed by atoms with E-state index in [4.69, 9.17) is 0 Å². The predicted molar refractivity (Wildman–Crippen MR) is 91.4 cm³/mol. The Morgan fingerprint density at radius 2 is 1.75 bits per heavy atom. The number of aliphatic carboxylic acids is 1. The van der Waals surface area contributed by atoms with Gasteiger partial charge in [0.2, 0.25) is 5.91 Å². The first-order chi connectivity index (χ1) is 11.6. The van der Waals surface area contributed by atoms with Gasteiger partial charge in [0.25, 0.3) is 0 Å². The minimum absolute atomic E-state index is 0.0613. The fraction of sp³-hybridized carbons (Fsp3) is 0.579. The van der Waals surface area contributed by atoms with Gasteiger partial charge in [-0.1, -0.05) is 43.2 Å². The number of carboxylic acid groups (broad SMARTS) is 1. The van der Waals surface area contributed by atoms with Gasteiger partial charge in [0.1, 0.15) is 5.54 Å². The molecule has 0 aromatic heterocycles. The van der Waals surface area contributed by atoms with Crippen molar-refractivity contribution in [1.29, 1.82) is 0 Å². The molecule has 0 radical (unpaired) electrons. The molecule has 3 rings (SSSR count). The average molecular weight is 330 g/mol. The van der Waals surface area contributed by atoms with Crippen LogP contribution in [0, 0.1) is 5.92 Å². The van der Waals surface area contributed by atoms with Crippen LogP contribution in [0.1, 0.15) is 44.1 Å². The largest absolute Gasteiger partial charge is 0.480 e. The third-order valence-electron chi connectivity index (χ3n) is 5.44. The Bertz CT molecular complexity index is 574. The van der Waals surface area contributed by atoms with Gasteiger partial charge in [0, 0.05) is 12.5 Å². The number of carboxylic acids is 1. The lowest BCUT2D eigenvalue weighted by atomic mass is 9.92. The summed E-state index contributed by atoms with van der Waals surface area (Å²) >= 11 is 0. The third kappa shape index (κ3) is 3.78. The Morgan fingerprint density at radius 1 is 1.12 bits per heavy atom. The molecule has 1 aromatic rings. The van der Waals surface area contributed by atoms with Crippen LogP contribution in [0.3, 0.4) is 0 Å². The molecule has 24 heavy (non-hydrogen) atoms. The van der Waals surface area contributed by atoms with Crippen LogP contribution in [-0.4, -0.2) is 40.5 Å². The van der Waals surface area contributed by atoms with Gasteiger partial charge in [-0.2, -0.15) is 0 Å². The van der Waals surface area contributed by atoms with E-state index in [0.717, 1.165) is 45.3 Å². The standard InChI is InChI=1S/C19H26N2O3/c22-17(20-19(18(23)24)10-4-5-11-19)16-8-12-21(13-9-16)14-15-6-2-1-3-7-15/h1-3,6-7,16H,4-5,8-14H2,(H,20,22)(H,23,24). The number of carbonyl (C=O) groups is 2. The number of rotatable bonds is 5. The highest BCUT2D eigenvalue weighted by atomic mass is 16.4. The van der Waals surface area contributed by atoms with Crippen molar-refractivity contribution in [2.45, 2.75) is 50.6 Å². The summed E-state index contributed by atoms with van der Waals surface area (Å²) in [7, 11) is 0. The van der Waals surface area contributed by atoms with Crippen molar-refractivity contribution < 1.29 is 14.7 Å². The molecular formula is C19H26N2O3. The van der Waals surface area contributed by atoms with Crippen molar-refractivity contribution in [1.82, 2.24) is 10.2 Å². The summed E-state index contributed by atoms with van der Waals surface area (Å²) in [6.07, 6.45) is 4.47. The number of carbonyl (C=O) groups excluding carboxylic acids is 1. The average Bonchev–Trinajstić information content (AvgIpc) is 3.06. The molecule has 0 bridgehead atoms. The number of amides is 1. The van der Waals surface area contributed by atoms with E-state index in [1.807, 2.05) is 18.2 Å². The van der Waals surface area contributed by atoms with E-state index in [0.29, 0.717) is 12.8 Å². The van der Waals surface area contributed by atoms with Gasteiger partial charge >= 0.3 is 5.97 Å². The zero-order chi connectivity index (χ0) is 17.0. The predicted octanol–water partition coefficient (Wildman–Crippen LogP) is 2.41. The second-order valence-corrected chi connectivity index (χ2v) is 7.12. The van der Waals surface area contributed by atoms with E-state index in [9.17, 15) is 14.7 Å². The Hall–Kier alpha value is -1.88. The maximum Gasteiger partial charge on any atom is 0.329 e. The van der Waals surface area contributed by atoms with Crippen molar-refractivity contribution >= 4 is 11.9 Å². The van der Waals surface area contributed by atoms with Gasteiger partial charge in [-0.15, -0.1) is 0 Å². The number of nitrogens with zero attached hydrogens (tertiary/aromatic N) is 1. The molecule has 1 aliphatic carbocycles. The van der Waals surface area contributed by atoms with Crippen molar-refractivity contribution in [3.63, 3.8) is 0 Å². The quantitative estimate of drug-likeness (QED) is 0.870. The second-order valence-electron chi connectivity index (χ2n) is 7.12. The second kappa shape index (κ2) is 7.34. The summed E-state index contributed by atoms with van der Waals surface area (Å²) in [6.45, 7) is 2.67. The van der Waals surface area contributed by atoms with Crippen LogP contribution in [0.5, 0.6) is 0 Å². The smallest absolute Gasteiger partial charge is 0.329 e. The maximum absolute atomic E-state index is 12.5. The van der Waals surface area contributed by atoms with Crippen LogP contribution in [0.25, 0.3) is 0 Å². The number of nitrogens with one attached hydrogen (secondary N) is 1. The van der Waals surface area contributed by atoms with Crippen molar-refractivity contribution in [2.24, 2.45) is 5.92 Å². The van der Waals surface area contributed by atoms with E-state index >= 15 is 0 Å². The first-order valence-electron chi connectivity index (χ1n) is 8.91. The molecule has 2 aliphatic rings. The minimum Gasteiger partial charge on any atom is -0.480 e. The minimum atomic E-state index is -1.02. The van der Waals surface area contributed by atoms with E-state index in [1.54, 1.807) is 0 Å². The first-order valence-corrected chi connectivity index (χ1v) is 8.91. The monoisotopic (exact) mass is 330 g/mol. The molecule has 5 nitrogen and oxygen atoms in total. The Labute approximate surface area is 143 Å². The lowest BCUT2D eigenvalue weighted by molar-refractivity contribution is -0.148. The van der Waals surface area contributed by atoms with Gasteiger partial charge in [-0.05, 0) is 44.3 Å². The Balaban J connectivity index is 1.51. The fourth-order valence-corrected chi connectivity index (χ4v) is 3.90. The molecule has 1 saturated heterocycles. The Morgan fingerprint density at radius 3 is 2.33 bits per heavy atom. The zero-order valence-corrected chi connectivity index (χ0v) is 14.0. The molecule has 0 unspecified atom stereocenters. The summed E-state index contributed by atoms with van der Waals surface area (Å²) < 4.78 is 0. The topological polar surface area (TPSA) is 69.6 Å². The molecule has 2 fully saturated rings. The van der Waals surface area contributed by atoms with E-state index in [1.165, 1.54) is 5.56 Å². The lowest BCUT2D eigenvalue weighted by Crippen LogP contribution is -2.55. The summed E-state index contributed by atoms with van der Waals surface area (Å²) in [5, 5.41) is 12.4. The SMILES string of the molecule is O=C(NC1(C(=O)O)CCCC1)C1CCN(Cc2ccccc2)CC1. The van der Waals surface area contributed by atoms with Gasteiger partial charge in [-0.25, -0.2) is 4.79 Å². The van der Waals surface area contributed by atoms with Crippen LogP contribution < -0.4 is 5.32 Å². The Kier molecular flexibility index (Phi) is 5.19. The molecule has 1 heterocycles. The molecule has 130 valence electrons. The molecule has 5 heteroatoms. The molecule has 1 aromatic carbocycles. The zero-order valence-electron chi connectivity index (χ0n) is 14.0. The van der Waals surface area contributed by atoms with E-state index in [2.05, 4.69) is 22.3 Å². The van der Waals surface area contributed by atoms with Crippen molar-refractivity contribution in [2.75, 3.05) is 13.1 Å². The molecule has 1 amide bonds. The van der Waals surface area contributed by atoms with Gasteiger partial charge in [-0.3, -0.25) is 9.69 Å². The van der Waals surface area contributed by atoms with E-state index < -0.39 is 11.5 Å². The molecule has 1 saturated carbocycles. The molecule has 2 N–H and O–H groups in total. The fourth-order valence-electron chi connectivity index (χ4n) is 3.90. The van der Waals surface area contributed by atoms with Crippen molar-refractivity contribution in [3.05, 3.63) is 35.9 Å². The molecule has 0 spiro atoms. The summed E-state index contributed by atoms with van der Waals surface area (Å²) in [4.78, 5) is 26.5. The van der Waals surface area contributed by atoms with Gasteiger partial charge in [0.15, 0.2) is 0 Å². The summed E-state index contributed by atoms with van der Waals surface area (Å²) in [5.41, 5.74) is 0.273. The van der Waals surface area contributed by atoms with Crippen LogP contribution in [-0.2, 0) is 16.1 Å². The highest BCUT2D eigenvalue weighted by molar-refractivity contribution is 5.88. The number of piperidine rings is 1. The van der Waals surface area contributed by atoms with Crippen LogP contribution >= 0.6 is 0 Å². The van der Waals surface area contributed by atoms with Crippen LogP contribution in [0.15, 0.2) is 30.3 Å². The third-order valence-corrected chi connectivity index (χ3v) is 5.44. The number of hydrogen-bond donors (Lipinski definition) is 2. The first kappa shape index (κ1) is 17.0.